The van der Waals surface area contributed by atoms with Gasteiger partial charge in [-0.1, -0.05) is 35.9 Å². The van der Waals surface area contributed by atoms with Gasteiger partial charge in [-0.2, -0.15) is 10.2 Å². The topological polar surface area (TPSA) is 105 Å². The van der Waals surface area contributed by atoms with Gasteiger partial charge in [0.25, 0.3) is 5.91 Å². The van der Waals surface area contributed by atoms with E-state index in [-0.39, 0.29) is 5.91 Å². The first-order valence-corrected chi connectivity index (χ1v) is 11.5. The summed E-state index contributed by atoms with van der Waals surface area (Å²) in [6.45, 7) is 1.83. The number of aromatic nitrogens is 3. The average Bonchev–Trinajstić information content (AvgIpc) is 3.32. The van der Waals surface area contributed by atoms with Crippen molar-refractivity contribution in [3.8, 4) is 23.2 Å². The van der Waals surface area contributed by atoms with Gasteiger partial charge in [0, 0.05) is 16.3 Å². The van der Waals surface area contributed by atoms with Crippen LogP contribution in [-0.4, -0.2) is 27.8 Å². The predicted octanol–water partition coefficient (Wildman–Crippen LogP) is 5.41. The number of rotatable bonds is 5. The molecule has 0 saturated carbocycles. The highest BCUT2D eigenvalue weighted by atomic mass is 35.5. The number of hydrogen-bond donors (Lipinski definition) is 2. The average molecular weight is 497 g/mol. The number of allylic oxidation sites excluding steroid dienone is 1. The van der Waals surface area contributed by atoms with Crippen LogP contribution < -0.4 is 15.4 Å². The maximum atomic E-state index is 13.7. The number of carbonyl (C=O) groups is 1. The summed E-state index contributed by atoms with van der Waals surface area (Å²) in [6.07, 6.45) is 0. The van der Waals surface area contributed by atoms with E-state index in [1.54, 1.807) is 48.2 Å². The summed E-state index contributed by atoms with van der Waals surface area (Å²) in [5, 5.41) is 20.8. The molecule has 0 bridgehead atoms. The number of carbonyl (C=O) groups excluding carboxylic acids is 1. The van der Waals surface area contributed by atoms with E-state index in [4.69, 9.17) is 21.4 Å². The SMILES string of the molecule is COc1ccccc1NC(=O)C1=C(C)Nc2nc(-c3ccc(Cl)cc3)nn2C1c1ccc(C#N)cc1. The zero-order valence-corrected chi connectivity index (χ0v) is 20.2. The maximum Gasteiger partial charge on any atom is 0.255 e. The van der Waals surface area contributed by atoms with Crippen molar-refractivity contribution in [2.75, 3.05) is 17.7 Å². The van der Waals surface area contributed by atoms with Gasteiger partial charge in [0.2, 0.25) is 5.95 Å². The first-order valence-electron chi connectivity index (χ1n) is 11.1. The molecule has 2 N–H and O–H groups in total. The fourth-order valence-electron chi connectivity index (χ4n) is 4.15. The van der Waals surface area contributed by atoms with E-state index < -0.39 is 6.04 Å². The van der Waals surface area contributed by atoms with Crippen LogP contribution in [0.5, 0.6) is 5.75 Å². The maximum absolute atomic E-state index is 13.7. The van der Waals surface area contributed by atoms with Crippen LogP contribution in [0.3, 0.4) is 0 Å². The Morgan fingerprint density at radius 3 is 2.53 bits per heavy atom. The summed E-state index contributed by atoms with van der Waals surface area (Å²) >= 11 is 6.05. The highest BCUT2D eigenvalue weighted by Crippen LogP contribution is 2.37. The minimum atomic E-state index is -0.586. The molecule has 9 heteroatoms. The summed E-state index contributed by atoms with van der Waals surface area (Å²) < 4.78 is 7.09. The van der Waals surface area contributed by atoms with Crippen LogP contribution in [0.2, 0.25) is 5.02 Å². The number of fused-ring (bicyclic) bond motifs is 1. The van der Waals surface area contributed by atoms with Crippen LogP contribution >= 0.6 is 11.6 Å². The number of benzene rings is 3. The molecule has 5 rings (SSSR count). The molecular formula is C27H21ClN6O2. The molecule has 0 spiro atoms. The highest BCUT2D eigenvalue weighted by molar-refractivity contribution is 6.30. The molecule has 1 unspecified atom stereocenters. The third-order valence-corrected chi connectivity index (χ3v) is 6.16. The lowest BCUT2D eigenvalue weighted by atomic mass is 9.94. The Morgan fingerprint density at radius 2 is 1.83 bits per heavy atom. The van der Waals surface area contributed by atoms with Gasteiger partial charge in [-0.25, -0.2) is 4.68 Å². The van der Waals surface area contributed by atoms with Crippen LogP contribution in [0, 0.1) is 11.3 Å². The van der Waals surface area contributed by atoms with Gasteiger partial charge in [-0.15, -0.1) is 5.10 Å². The van der Waals surface area contributed by atoms with Crippen molar-refractivity contribution < 1.29 is 9.53 Å². The van der Waals surface area contributed by atoms with E-state index in [1.807, 2.05) is 43.3 Å². The van der Waals surface area contributed by atoms with E-state index in [0.29, 0.717) is 45.1 Å². The van der Waals surface area contributed by atoms with Crippen molar-refractivity contribution in [1.29, 1.82) is 5.26 Å². The van der Waals surface area contributed by atoms with Gasteiger partial charge in [0.1, 0.15) is 11.8 Å². The lowest BCUT2D eigenvalue weighted by molar-refractivity contribution is -0.113. The summed E-state index contributed by atoms with van der Waals surface area (Å²) in [7, 11) is 1.55. The first kappa shape index (κ1) is 23.1. The smallest absolute Gasteiger partial charge is 0.255 e. The van der Waals surface area contributed by atoms with Crippen LogP contribution in [0.25, 0.3) is 11.4 Å². The Morgan fingerprint density at radius 1 is 1.11 bits per heavy atom. The predicted molar refractivity (Wildman–Crippen MR) is 138 cm³/mol. The minimum absolute atomic E-state index is 0.312. The zero-order valence-electron chi connectivity index (χ0n) is 19.5. The molecule has 1 atom stereocenters. The standard InChI is InChI=1S/C27H21ClN6O2/c1-16-23(26(35)31-21-5-3-4-6-22(21)36-2)24(18-9-7-17(15-29)8-10-18)34-27(30-16)32-25(33-34)19-11-13-20(28)14-12-19/h3-14,24H,1-2H3,(H,31,35)(H,30,32,33). The van der Waals surface area contributed by atoms with Crippen LogP contribution in [0.15, 0.2) is 84.1 Å². The molecule has 1 aliphatic heterocycles. The van der Waals surface area contributed by atoms with Gasteiger partial charge < -0.3 is 15.4 Å². The lowest BCUT2D eigenvalue weighted by Crippen LogP contribution is -2.31. The second-order valence-electron chi connectivity index (χ2n) is 8.16. The van der Waals surface area contributed by atoms with Gasteiger partial charge in [-0.05, 0) is 61.0 Å². The first-order chi connectivity index (χ1) is 17.5. The van der Waals surface area contributed by atoms with Gasteiger partial charge >= 0.3 is 0 Å². The quantitative estimate of drug-likeness (QED) is 0.383. The molecule has 1 amide bonds. The third-order valence-electron chi connectivity index (χ3n) is 5.91. The fraction of sp³-hybridized carbons (Fsp3) is 0.111. The number of nitrogens with zero attached hydrogens (tertiary/aromatic N) is 4. The van der Waals surface area contributed by atoms with E-state index >= 15 is 0 Å². The van der Waals surface area contributed by atoms with Crippen molar-refractivity contribution in [2.45, 2.75) is 13.0 Å². The second-order valence-corrected chi connectivity index (χ2v) is 8.60. The van der Waals surface area contributed by atoms with Crippen LogP contribution in [-0.2, 0) is 4.79 Å². The number of nitriles is 1. The molecule has 0 aliphatic carbocycles. The molecule has 2 heterocycles. The van der Waals surface area contributed by atoms with Gasteiger partial charge in [0.05, 0.1) is 30.0 Å². The summed E-state index contributed by atoms with van der Waals surface area (Å²) in [4.78, 5) is 18.4. The van der Waals surface area contributed by atoms with E-state index in [1.165, 1.54) is 0 Å². The fourth-order valence-corrected chi connectivity index (χ4v) is 4.28. The van der Waals surface area contributed by atoms with E-state index in [2.05, 4.69) is 21.7 Å². The van der Waals surface area contributed by atoms with Crippen LogP contribution in [0.4, 0.5) is 11.6 Å². The molecule has 0 radical (unpaired) electrons. The van der Waals surface area contributed by atoms with Crippen molar-refractivity contribution in [3.05, 3.63) is 100 Å². The largest absolute Gasteiger partial charge is 0.495 e. The number of nitrogens with one attached hydrogen (secondary N) is 2. The molecule has 3 aromatic carbocycles. The summed E-state index contributed by atoms with van der Waals surface area (Å²) in [6, 6.07) is 23.1. The molecule has 36 heavy (non-hydrogen) atoms. The molecule has 0 saturated heterocycles. The summed E-state index contributed by atoms with van der Waals surface area (Å²) in [5.74, 6) is 1.23. The monoisotopic (exact) mass is 496 g/mol. The Hall–Kier alpha value is -4.61. The van der Waals surface area contributed by atoms with E-state index in [0.717, 1.165) is 11.1 Å². The van der Waals surface area contributed by atoms with Crippen molar-refractivity contribution >= 4 is 29.1 Å². The Kier molecular flexibility index (Phi) is 6.15. The minimum Gasteiger partial charge on any atom is -0.495 e. The number of ether oxygens (including phenoxy) is 1. The molecule has 178 valence electrons. The number of halogens is 1. The van der Waals surface area contributed by atoms with Crippen molar-refractivity contribution in [2.24, 2.45) is 0 Å². The molecule has 1 aromatic heterocycles. The van der Waals surface area contributed by atoms with Gasteiger partial charge in [0.15, 0.2) is 5.82 Å². The third kappa shape index (κ3) is 4.28. The molecule has 4 aromatic rings. The van der Waals surface area contributed by atoms with Crippen LogP contribution in [0.1, 0.15) is 24.1 Å². The molecule has 1 aliphatic rings. The zero-order chi connectivity index (χ0) is 25.2. The second kappa shape index (κ2) is 9.56. The normalized spacial score (nSPS) is 14.4. The number of anilines is 2. The van der Waals surface area contributed by atoms with E-state index in [9.17, 15) is 10.1 Å². The number of methoxy groups -OCH3 is 1. The number of amides is 1. The van der Waals surface area contributed by atoms with Crippen molar-refractivity contribution in [1.82, 2.24) is 14.8 Å². The molecular weight excluding hydrogens is 476 g/mol. The number of para-hydroxylation sites is 2. The Balaban J connectivity index is 1.60. The summed E-state index contributed by atoms with van der Waals surface area (Å²) in [5.41, 5.74) is 3.75. The lowest BCUT2D eigenvalue weighted by Gasteiger charge is -2.28. The Labute approximate surface area is 212 Å². The molecule has 8 nitrogen and oxygen atoms in total. The number of hydrogen-bond acceptors (Lipinski definition) is 6. The van der Waals surface area contributed by atoms with Gasteiger partial charge in [-0.3, -0.25) is 4.79 Å². The molecule has 0 fully saturated rings. The Bertz CT molecular complexity index is 1520. The highest BCUT2D eigenvalue weighted by Gasteiger charge is 2.34. The van der Waals surface area contributed by atoms with Crippen molar-refractivity contribution in [3.63, 3.8) is 0 Å².